The van der Waals surface area contributed by atoms with E-state index in [1.165, 1.54) is 16.4 Å². The maximum atomic E-state index is 14.3. The molecule has 0 aliphatic carbocycles. The highest BCUT2D eigenvalue weighted by molar-refractivity contribution is 14.1. The summed E-state index contributed by atoms with van der Waals surface area (Å²) in [5.74, 6) is -2.33. The molecule has 1 atom stereocenters. The van der Waals surface area contributed by atoms with Gasteiger partial charge < -0.3 is 15.8 Å². The van der Waals surface area contributed by atoms with Crippen molar-refractivity contribution in [3.8, 4) is 5.75 Å². The Bertz CT molecular complexity index is 1110. The minimum Gasteiger partial charge on any atom is -0.492 e. The third-order valence-electron chi connectivity index (χ3n) is 5.23. The molecule has 1 aliphatic heterocycles. The molecule has 3 rings (SSSR count). The first-order chi connectivity index (χ1) is 15.1. The molecule has 2 aromatic rings. The summed E-state index contributed by atoms with van der Waals surface area (Å²) in [5, 5.41) is 2.72. The Morgan fingerprint density at radius 1 is 1.28 bits per heavy atom. The summed E-state index contributed by atoms with van der Waals surface area (Å²) >= 11 is 1.96. The predicted molar refractivity (Wildman–Crippen MR) is 127 cm³/mol. The van der Waals surface area contributed by atoms with Gasteiger partial charge in [0.25, 0.3) is 5.91 Å². The lowest BCUT2D eigenvalue weighted by atomic mass is 10.0. The number of hydrogen-bond donors (Lipinski definition) is 2. The Kier molecular flexibility index (Phi) is 7.93. The molecule has 0 aromatic heterocycles. The van der Waals surface area contributed by atoms with Crippen LogP contribution in [0.4, 0.5) is 20.2 Å². The van der Waals surface area contributed by atoms with Crippen LogP contribution in [0.15, 0.2) is 30.3 Å². The van der Waals surface area contributed by atoms with Crippen LogP contribution in [-0.4, -0.2) is 44.1 Å². The van der Waals surface area contributed by atoms with Crippen LogP contribution in [0.25, 0.3) is 0 Å². The van der Waals surface area contributed by atoms with Crippen molar-refractivity contribution in [2.75, 3.05) is 30.8 Å². The number of carbonyl (C=O) groups excluding carboxylic acids is 1. The van der Waals surface area contributed by atoms with Gasteiger partial charge in [-0.3, -0.25) is 4.79 Å². The highest BCUT2D eigenvalue weighted by atomic mass is 127. The van der Waals surface area contributed by atoms with E-state index in [-0.39, 0.29) is 47.5 Å². The van der Waals surface area contributed by atoms with Gasteiger partial charge in [-0.05, 0) is 66.6 Å². The molecule has 1 aliphatic rings. The number of halogens is 3. The van der Waals surface area contributed by atoms with E-state index in [1.54, 1.807) is 13.0 Å². The van der Waals surface area contributed by atoms with Crippen molar-refractivity contribution in [1.82, 2.24) is 4.31 Å². The van der Waals surface area contributed by atoms with Crippen LogP contribution in [0.1, 0.15) is 30.1 Å². The van der Waals surface area contributed by atoms with Gasteiger partial charge in [-0.15, -0.1) is 0 Å². The van der Waals surface area contributed by atoms with E-state index >= 15 is 0 Å². The maximum absolute atomic E-state index is 14.3. The van der Waals surface area contributed by atoms with Gasteiger partial charge in [-0.25, -0.2) is 21.5 Å². The summed E-state index contributed by atoms with van der Waals surface area (Å²) < 4.78 is 60.8. The molecule has 1 fully saturated rings. The fourth-order valence-corrected chi connectivity index (χ4v) is 5.25. The minimum absolute atomic E-state index is 0.0143. The van der Waals surface area contributed by atoms with Crippen LogP contribution in [-0.2, 0) is 10.0 Å². The molecule has 174 valence electrons. The zero-order chi connectivity index (χ0) is 23.5. The van der Waals surface area contributed by atoms with Crippen molar-refractivity contribution in [3.63, 3.8) is 0 Å². The second-order valence-corrected chi connectivity index (χ2v) is 11.0. The van der Waals surface area contributed by atoms with Crippen LogP contribution in [0.5, 0.6) is 5.75 Å². The smallest absolute Gasteiger partial charge is 0.254 e. The number of nitrogens with one attached hydrogen (secondary N) is 1. The van der Waals surface area contributed by atoms with Crippen molar-refractivity contribution in [3.05, 3.63) is 51.1 Å². The average molecular weight is 579 g/mol. The number of primary amides is 1. The van der Waals surface area contributed by atoms with Crippen molar-refractivity contribution >= 4 is 49.9 Å². The molecule has 0 saturated carbocycles. The normalized spacial score (nSPS) is 17.2. The number of benzene rings is 2. The van der Waals surface area contributed by atoms with Gasteiger partial charge in [0.15, 0.2) is 0 Å². The Balaban J connectivity index is 1.83. The van der Waals surface area contributed by atoms with Gasteiger partial charge in [0, 0.05) is 28.6 Å². The summed E-state index contributed by atoms with van der Waals surface area (Å²) in [6.07, 6.45) is 1.41. The predicted octanol–water partition coefficient (Wildman–Crippen LogP) is 3.85. The Hall–Kier alpha value is -1.99. The van der Waals surface area contributed by atoms with Gasteiger partial charge in [0.2, 0.25) is 10.0 Å². The number of ether oxygens (including phenoxy) is 1. The maximum Gasteiger partial charge on any atom is 0.254 e. The molecule has 0 bridgehead atoms. The average Bonchev–Trinajstić information content (AvgIpc) is 2.74. The van der Waals surface area contributed by atoms with E-state index in [4.69, 9.17) is 10.5 Å². The lowest BCUT2D eigenvalue weighted by molar-refractivity contribution is 0.0995. The topological polar surface area (TPSA) is 102 Å². The number of amides is 1. The summed E-state index contributed by atoms with van der Waals surface area (Å²) in [4.78, 5) is 12.2. The number of sulfonamides is 1. The Morgan fingerprint density at radius 2 is 2.03 bits per heavy atom. The number of carbonyl (C=O) groups is 1. The first-order valence-electron chi connectivity index (χ1n) is 10.1. The molecule has 1 saturated heterocycles. The first kappa shape index (κ1) is 24.6. The number of nitrogens with two attached hydrogens (primary N) is 1. The Morgan fingerprint density at radius 3 is 2.69 bits per heavy atom. The summed E-state index contributed by atoms with van der Waals surface area (Å²) in [5.41, 5.74) is 5.44. The van der Waals surface area contributed by atoms with Crippen molar-refractivity contribution in [2.24, 2.45) is 11.7 Å². The molecule has 32 heavy (non-hydrogen) atoms. The third-order valence-corrected chi connectivity index (χ3v) is 7.75. The molecule has 0 spiro atoms. The van der Waals surface area contributed by atoms with E-state index in [9.17, 15) is 22.0 Å². The number of nitrogens with zero attached hydrogens (tertiary/aromatic N) is 1. The molecule has 7 nitrogen and oxygen atoms in total. The highest BCUT2D eigenvalue weighted by Crippen LogP contribution is 2.32. The van der Waals surface area contributed by atoms with Crippen molar-refractivity contribution in [2.45, 2.75) is 19.8 Å². The van der Waals surface area contributed by atoms with Gasteiger partial charge in [0.1, 0.15) is 22.9 Å². The summed E-state index contributed by atoms with van der Waals surface area (Å²) in [7, 11) is -3.32. The zero-order valence-corrected chi connectivity index (χ0v) is 20.4. The lowest BCUT2D eigenvalue weighted by Crippen LogP contribution is -2.42. The zero-order valence-electron chi connectivity index (χ0n) is 17.4. The molecular weight excluding hydrogens is 555 g/mol. The molecule has 1 amide bonds. The summed E-state index contributed by atoms with van der Waals surface area (Å²) in [6, 6.07) is 6.51. The molecule has 3 N–H and O–H groups in total. The summed E-state index contributed by atoms with van der Waals surface area (Å²) in [6.45, 7) is 2.41. The van der Waals surface area contributed by atoms with Crippen LogP contribution in [0.2, 0.25) is 0 Å². The van der Waals surface area contributed by atoms with E-state index in [2.05, 4.69) is 5.32 Å². The van der Waals surface area contributed by atoms with Crippen LogP contribution in [0.3, 0.4) is 0 Å². The molecule has 0 radical (unpaired) electrons. The lowest BCUT2D eigenvalue weighted by Gasteiger charge is -2.31. The van der Waals surface area contributed by atoms with Gasteiger partial charge >= 0.3 is 0 Å². The third kappa shape index (κ3) is 5.87. The number of anilines is 2. The molecule has 11 heteroatoms. The molecule has 1 unspecified atom stereocenters. The van der Waals surface area contributed by atoms with E-state index in [0.717, 1.165) is 18.6 Å². The number of rotatable bonds is 8. The SMILES string of the molecule is CCS(=O)(=O)N1CCCC(COc2cc(F)cc(Nc3ccc(I)cc3F)c2C(N)=O)C1. The van der Waals surface area contributed by atoms with Gasteiger partial charge in [-0.2, -0.15) is 0 Å². The second kappa shape index (κ2) is 10.3. The second-order valence-electron chi connectivity index (χ2n) is 7.52. The number of piperidine rings is 1. The minimum atomic E-state index is -3.32. The standard InChI is InChI=1S/C21H24F2IN3O4S/c1-2-32(29,30)27-7-3-4-13(11-27)12-31-19-9-14(22)8-18(20(19)21(25)28)26-17-6-5-15(24)10-16(17)23/h5-6,8-10,13,26H,2-4,7,11-12H2,1H3,(H2,25,28). The van der Waals surface area contributed by atoms with Gasteiger partial charge in [-0.1, -0.05) is 0 Å². The molecule has 1 heterocycles. The molecular formula is C21H24F2IN3O4S. The highest BCUT2D eigenvalue weighted by Gasteiger charge is 2.28. The van der Waals surface area contributed by atoms with Crippen LogP contribution in [0, 0.1) is 21.1 Å². The fourth-order valence-electron chi connectivity index (χ4n) is 3.59. The van der Waals surface area contributed by atoms with E-state index in [1.807, 2.05) is 22.6 Å². The van der Waals surface area contributed by atoms with Crippen LogP contribution < -0.4 is 15.8 Å². The van der Waals surface area contributed by atoms with E-state index < -0.39 is 27.6 Å². The first-order valence-corrected chi connectivity index (χ1v) is 12.8. The van der Waals surface area contributed by atoms with Gasteiger partial charge in [0.05, 0.1) is 23.7 Å². The quantitative estimate of drug-likeness (QED) is 0.463. The van der Waals surface area contributed by atoms with E-state index in [0.29, 0.717) is 16.5 Å². The van der Waals surface area contributed by atoms with Crippen LogP contribution >= 0.6 is 22.6 Å². The monoisotopic (exact) mass is 579 g/mol. The fraction of sp³-hybridized carbons (Fsp3) is 0.381. The largest absolute Gasteiger partial charge is 0.492 e. The van der Waals surface area contributed by atoms with Crippen molar-refractivity contribution in [1.29, 1.82) is 0 Å². The number of hydrogen-bond acceptors (Lipinski definition) is 5. The Labute approximate surface area is 199 Å². The van der Waals surface area contributed by atoms with Crippen molar-refractivity contribution < 1.29 is 26.7 Å². The molecule has 2 aromatic carbocycles.